The molecule has 0 aliphatic carbocycles. The van der Waals surface area contributed by atoms with E-state index in [2.05, 4.69) is 34.6 Å². The van der Waals surface area contributed by atoms with E-state index in [0.29, 0.717) is 5.92 Å². The predicted octanol–water partition coefficient (Wildman–Crippen LogP) is 2.18. The molecule has 2 aromatic rings. The molecule has 0 saturated heterocycles. The van der Waals surface area contributed by atoms with E-state index in [9.17, 15) is 4.79 Å². The molecule has 1 heterocycles. The van der Waals surface area contributed by atoms with E-state index in [-0.39, 0.29) is 11.6 Å². The molecule has 0 bridgehead atoms. The molecule has 5 nitrogen and oxygen atoms in total. The topological polar surface area (TPSA) is 70.7 Å². The summed E-state index contributed by atoms with van der Waals surface area (Å²) in [5, 5.41) is 12.6. The van der Waals surface area contributed by atoms with Crippen molar-refractivity contribution in [3.05, 3.63) is 41.7 Å². The van der Waals surface area contributed by atoms with Gasteiger partial charge in [-0.25, -0.2) is 0 Å². The number of hydrogen-bond donors (Lipinski definition) is 2. The van der Waals surface area contributed by atoms with Crippen LogP contribution in [-0.2, 0) is 0 Å². The number of anilines is 1. The fraction of sp³-hybridized carbons (Fsp3) is 0.250. The summed E-state index contributed by atoms with van der Waals surface area (Å²) >= 11 is 0. The molecule has 0 aliphatic rings. The van der Waals surface area contributed by atoms with Crippen molar-refractivity contribution in [1.82, 2.24) is 15.4 Å². The zero-order chi connectivity index (χ0) is 12.3. The van der Waals surface area contributed by atoms with Gasteiger partial charge in [0.05, 0.1) is 6.20 Å². The molecule has 5 heteroatoms. The zero-order valence-corrected chi connectivity index (χ0v) is 9.77. The molecule has 2 rings (SSSR count). The third-order valence-corrected chi connectivity index (χ3v) is 2.48. The van der Waals surface area contributed by atoms with E-state index in [1.54, 1.807) is 0 Å². The van der Waals surface area contributed by atoms with Crippen LogP contribution in [0.3, 0.4) is 0 Å². The van der Waals surface area contributed by atoms with Gasteiger partial charge in [-0.2, -0.15) is 15.4 Å². The fourth-order valence-electron chi connectivity index (χ4n) is 1.61. The van der Waals surface area contributed by atoms with E-state index in [4.69, 9.17) is 0 Å². The highest BCUT2D eigenvalue weighted by Crippen LogP contribution is 2.23. The van der Waals surface area contributed by atoms with Gasteiger partial charge in [-0.1, -0.05) is 32.0 Å². The first-order chi connectivity index (χ1) is 8.18. The molecule has 1 aromatic heterocycles. The van der Waals surface area contributed by atoms with Crippen molar-refractivity contribution >= 4 is 11.6 Å². The summed E-state index contributed by atoms with van der Waals surface area (Å²) in [7, 11) is 0. The molecule has 88 valence electrons. The predicted molar refractivity (Wildman–Crippen MR) is 64.9 cm³/mol. The number of aromatic amines is 1. The molecule has 0 fully saturated rings. The van der Waals surface area contributed by atoms with Crippen LogP contribution in [0.15, 0.2) is 30.5 Å². The van der Waals surface area contributed by atoms with Gasteiger partial charge in [0.2, 0.25) is 0 Å². The number of H-pyrrole nitrogens is 1. The Hall–Kier alpha value is -2.17. The van der Waals surface area contributed by atoms with Gasteiger partial charge in [-0.3, -0.25) is 4.79 Å². The number of para-hydroxylation sites is 1. The van der Waals surface area contributed by atoms with Crippen LogP contribution < -0.4 is 5.32 Å². The largest absolute Gasteiger partial charge is 0.320 e. The van der Waals surface area contributed by atoms with Gasteiger partial charge in [0, 0.05) is 5.69 Å². The molecule has 1 aromatic carbocycles. The van der Waals surface area contributed by atoms with E-state index in [0.717, 1.165) is 11.3 Å². The first-order valence-corrected chi connectivity index (χ1v) is 5.44. The van der Waals surface area contributed by atoms with Gasteiger partial charge in [0.25, 0.3) is 5.91 Å². The van der Waals surface area contributed by atoms with E-state index in [1.165, 1.54) is 6.20 Å². The van der Waals surface area contributed by atoms with Gasteiger partial charge in [-0.05, 0) is 17.5 Å². The lowest BCUT2D eigenvalue weighted by Crippen LogP contribution is -2.14. The average Bonchev–Trinajstić information content (AvgIpc) is 2.83. The Bertz CT molecular complexity index is 505. The minimum Gasteiger partial charge on any atom is -0.320 e. The summed E-state index contributed by atoms with van der Waals surface area (Å²) in [5.41, 5.74) is 2.20. The lowest BCUT2D eigenvalue weighted by atomic mass is 10.0. The summed E-state index contributed by atoms with van der Waals surface area (Å²) in [6.45, 7) is 4.17. The Kier molecular flexibility index (Phi) is 3.18. The zero-order valence-electron chi connectivity index (χ0n) is 9.77. The van der Waals surface area contributed by atoms with Crippen molar-refractivity contribution in [1.29, 1.82) is 0 Å². The van der Waals surface area contributed by atoms with Crippen LogP contribution in [0, 0.1) is 0 Å². The first-order valence-electron chi connectivity index (χ1n) is 5.44. The second kappa shape index (κ2) is 4.78. The van der Waals surface area contributed by atoms with Crippen LogP contribution in [0.5, 0.6) is 0 Å². The van der Waals surface area contributed by atoms with E-state index in [1.807, 2.05) is 24.3 Å². The van der Waals surface area contributed by atoms with Crippen LogP contribution in [0.1, 0.15) is 35.8 Å². The number of aromatic nitrogens is 3. The second-order valence-corrected chi connectivity index (χ2v) is 4.05. The van der Waals surface area contributed by atoms with Gasteiger partial charge < -0.3 is 5.32 Å². The van der Waals surface area contributed by atoms with Crippen molar-refractivity contribution in [2.45, 2.75) is 19.8 Å². The number of benzene rings is 1. The Morgan fingerprint density at radius 2 is 2.12 bits per heavy atom. The quantitative estimate of drug-likeness (QED) is 0.849. The summed E-state index contributed by atoms with van der Waals surface area (Å²) in [5.74, 6) is 0.0932. The number of amides is 1. The summed E-state index contributed by atoms with van der Waals surface area (Å²) in [6, 6.07) is 7.74. The average molecular weight is 230 g/mol. The number of carbonyl (C=O) groups is 1. The molecule has 0 unspecified atom stereocenters. The number of nitrogens with zero attached hydrogens (tertiary/aromatic N) is 2. The van der Waals surface area contributed by atoms with Gasteiger partial charge in [0.15, 0.2) is 5.69 Å². The third kappa shape index (κ3) is 2.50. The lowest BCUT2D eigenvalue weighted by molar-refractivity contribution is 0.102. The van der Waals surface area contributed by atoms with Crippen LogP contribution >= 0.6 is 0 Å². The molecular weight excluding hydrogens is 216 g/mol. The molecule has 1 amide bonds. The maximum Gasteiger partial charge on any atom is 0.277 e. The normalized spacial score (nSPS) is 10.5. The number of hydrogen-bond acceptors (Lipinski definition) is 3. The highest BCUT2D eigenvalue weighted by molar-refractivity contribution is 6.03. The fourth-order valence-corrected chi connectivity index (χ4v) is 1.61. The van der Waals surface area contributed by atoms with Crippen molar-refractivity contribution in [3.63, 3.8) is 0 Å². The minimum atomic E-state index is -0.258. The summed E-state index contributed by atoms with van der Waals surface area (Å²) < 4.78 is 0. The Morgan fingerprint density at radius 1 is 1.35 bits per heavy atom. The Balaban J connectivity index is 2.22. The number of rotatable bonds is 3. The van der Waals surface area contributed by atoms with Crippen LogP contribution in [0.4, 0.5) is 5.69 Å². The van der Waals surface area contributed by atoms with Crippen molar-refractivity contribution in [3.8, 4) is 0 Å². The van der Waals surface area contributed by atoms with Crippen molar-refractivity contribution in [2.24, 2.45) is 0 Å². The van der Waals surface area contributed by atoms with Crippen molar-refractivity contribution in [2.75, 3.05) is 5.32 Å². The third-order valence-electron chi connectivity index (χ3n) is 2.48. The maximum atomic E-state index is 11.8. The van der Waals surface area contributed by atoms with Crippen molar-refractivity contribution < 1.29 is 4.79 Å². The molecule has 2 N–H and O–H groups in total. The molecule has 0 spiro atoms. The molecule has 0 aliphatic heterocycles. The standard InChI is InChI=1S/C12H14N4O/c1-8(2)9-5-3-4-6-10(9)14-12(17)11-7-13-16-15-11/h3-8H,1-2H3,(H,14,17)(H,13,15,16). The van der Waals surface area contributed by atoms with E-state index >= 15 is 0 Å². The Labute approximate surface area is 99.2 Å². The molecule has 0 radical (unpaired) electrons. The smallest absolute Gasteiger partial charge is 0.277 e. The van der Waals surface area contributed by atoms with Crippen LogP contribution in [0.25, 0.3) is 0 Å². The van der Waals surface area contributed by atoms with E-state index < -0.39 is 0 Å². The highest BCUT2D eigenvalue weighted by atomic mass is 16.2. The Morgan fingerprint density at radius 3 is 2.76 bits per heavy atom. The summed E-state index contributed by atoms with van der Waals surface area (Å²) in [4.78, 5) is 11.8. The highest BCUT2D eigenvalue weighted by Gasteiger charge is 2.12. The summed E-state index contributed by atoms with van der Waals surface area (Å²) in [6.07, 6.45) is 1.40. The molecule has 17 heavy (non-hydrogen) atoms. The minimum absolute atomic E-state index is 0.258. The van der Waals surface area contributed by atoms with Gasteiger partial charge >= 0.3 is 0 Å². The first kappa shape index (κ1) is 11.3. The lowest BCUT2D eigenvalue weighted by Gasteiger charge is -2.12. The van der Waals surface area contributed by atoms with Crippen LogP contribution in [0.2, 0.25) is 0 Å². The monoisotopic (exact) mass is 230 g/mol. The molecule has 0 atom stereocenters. The number of carbonyl (C=O) groups excluding carboxylic acids is 1. The SMILES string of the molecule is CC(C)c1ccccc1NC(=O)c1cn[nH]n1. The van der Waals surface area contributed by atoms with Crippen LogP contribution in [-0.4, -0.2) is 21.3 Å². The second-order valence-electron chi connectivity index (χ2n) is 4.05. The maximum absolute atomic E-state index is 11.8. The van der Waals surface area contributed by atoms with Gasteiger partial charge in [-0.15, -0.1) is 0 Å². The molecule has 0 saturated carbocycles. The number of nitrogens with one attached hydrogen (secondary N) is 2. The van der Waals surface area contributed by atoms with Gasteiger partial charge in [0.1, 0.15) is 0 Å². The molecular formula is C12H14N4O.